The Bertz CT molecular complexity index is 1670. The maximum absolute atomic E-state index is 13.4. The van der Waals surface area contributed by atoms with Gasteiger partial charge in [-0.1, -0.05) is 36.4 Å². The molecule has 0 atom stereocenters. The smallest absolute Gasteiger partial charge is 0.258 e. The number of fused-ring (bicyclic) bond motifs is 2. The molecule has 3 heterocycles. The topological polar surface area (TPSA) is 81.1 Å². The van der Waals surface area contributed by atoms with E-state index >= 15 is 0 Å². The normalized spacial score (nSPS) is 17.2. The highest BCUT2D eigenvalue weighted by molar-refractivity contribution is 7.89. The molecule has 1 amide bonds. The van der Waals surface area contributed by atoms with E-state index in [0.29, 0.717) is 56.3 Å². The monoisotopic (exact) mass is 543 g/mol. The Morgan fingerprint density at radius 2 is 1.72 bits per heavy atom. The number of hydrogen-bond donors (Lipinski definition) is 0. The summed E-state index contributed by atoms with van der Waals surface area (Å²) in [6.45, 7) is 2.49. The Balaban J connectivity index is 1.35. The third-order valence-electron chi connectivity index (χ3n) is 7.23. The number of aromatic nitrogens is 1. The van der Waals surface area contributed by atoms with Gasteiger partial charge in [-0.25, -0.2) is 8.42 Å². The summed E-state index contributed by atoms with van der Waals surface area (Å²) in [7, 11) is -1.99. The molecule has 0 bridgehead atoms. The van der Waals surface area contributed by atoms with E-state index in [1.165, 1.54) is 4.31 Å². The Labute approximate surface area is 227 Å². The van der Waals surface area contributed by atoms with Crippen molar-refractivity contribution in [3.63, 3.8) is 0 Å². The minimum atomic E-state index is -3.70. The molecule has 1 aromatic heterocycles. The van der Waals surface area contributed by atoms with E-state index in [2.05, 4.69) is 4.57 Å². The number of sulfonamides is 1. The first-order chi connectivity index (χ1) is 18.9. The number of rotatable bonds is 7. The third-order valence-corrected chi connectivity index (χ3v) is 9.12. The van der Waals surface area contributed by atoms with Crippen LogP contribution in [0.15, 0.2) is 83.9 Å². The Kier molecular flexibility index (Phi) is 6.72. The van der Waals surface area contributed by atoms with Crippen molar-refractivity contribution in [1.29, 1.82) is 0 Å². The van der Waals surface area contributed by atoms with E-state index in [1.807, 2.05) is 66.9 Å². The standard InChI is InChI=1S/C30H29N3O5S/c1-31-28-12-11-24(39(35,36)33-14-16-37-17-15-33)20-26(28)27(30(31)34)19-22-21-32(29-10-6-5-9-25(22)29)13-18-38-23-7-3-2-4-8-23/h2-12,19-21H,13-18H2,1H3/b27-19-. The maximum Gasteiger partial charge on any atom is 0.258 e. The summed E-state index contributed by atoms with van der Waals surface area (Å²) in [5.41, 5.74) is 3.68. The quantitative estimate of drug-likeness (QED) is 0.326. The molecule has 3 aromatic carbocycles. The highest BCUT2D eigenvalue weighted by atomic mass is 32.2. The largest absolute Gasteiger partial charge is 0.492 e. The second-order valence-corrected chi connectivity index (χ2v) is 11.5. The van der Waals surface area contributed by atoms with Gasteiger partial charge >= 0.3 is 0 Å². The number of nitrogens with zero attached hydrogens (tertiary/aromatic N) is 3. The molecule has 1 fully saturated rings. The first-order valence-electron chi connectivity index (χ1n) is 12.9. The number of para-hydroxylation sites is 2. The van der Waals surface area contributed by atoms with Gasteiger partial charge in [0, 0.05) is 53.9 Å². The van der Waals surface area contributed by atoms with Crippen LogP contribution >= 0.6 is 0 Å². The molecule has 8 nitrogen and oxygen atoms in total. The predicted octanol–water partition coefficient (Wildman–Crippen LogP) is 4.26. The second-order valence-electron chi connectivity index (χ2n) is 9.57. The zero-order valence-corrected chi connectivity index (χ0v) is 22.4. The average molecular weight is 544 g/mol. The lowest BCUT2D eigenvalue weighted by atomic mass is 10.0. The highest BCUT2D eigenvalue weighted by Gasteiger charge is 2.33. The number of ether oxygens (including phenoxy) is 2. The number of hydrogen-bond acceptors (Lipinski definition) is 5. The predicted molar refractivity (Wildman–Crippen MR) is 151 cm³/mol. The molecule has 0 radical (unpaired) electrons. The Morgan fingerprint density at radius 3 is 2.51 bits per heavy atom. The van der Waals surface area contributed by atoms with E-state index in [4.69, 9.17) is 9.47 Å². The number of carbonyl (C=O) groups excluding carboxylic acids is 1. The zero-order valence-electron chi connectivity index (χ0n) is 21.6. The van der Waals surface area contributed by atoms with Crippen molar-refractivity contribution in [2.75, 3.05) is 44.9 Å². The van der Waals surface area contributed by atoms with Gasteiger partial charge in [-0.05, 0) is 42.5 Å². The minimum Gasteiger partial charge on any atom is -0.492 e. The van der Waals surface area contributed by atoms with Crippen LogP contribution in [0.1, 0.15) is 11.1 Å². The number of carbonyl (C=O) groups is 1. The number of amides is 1. The molecule has 4 aromatic rings. The lowest BCUT2D eigenvalue weighted by Gasteiger charge is -2.26. The summed E-state index contributed by atoms with van der Waals surface area (Å²) in [5, 5.41) is 1.01. The molecular formula is C30H29N3O5S. The number of likely N-dealkylation sites (N-methyl/N-ethyl adjacent to an activating group) is 1. The van der Waals surface area contributed by atoms with Gasteiger partial charge in [0.05, 0.1) is 30.3 Å². The van der Waals surface area contributed by atoms with Crippen LogP contribution in [0.5, 0.6) is 5.75 Å². The van der Waals surface area contributed by atoms with Gasteiger partial charge in [0.25, 0.3) is 5.91 Å². The summed E-state index contributed by atoms with van der Waals surface area (Å²) in [6.07, 6.45) is 3.89. The molecule has 2 aliphatic rings. The SMILES string of the molecule is CN1C(=O)/C(=C\c2cn(CCOc3ccccc3)c3ccccc23)c2cc(S(=O)(=O)N3CCOCC3)ccc21. The van der Waals surface area contributed by atoms with Crippen molar-refractivity contribution in [1.82, 2.24) is 8.87 Å². The van der Waals surface area contributed by atoms with Crippen LogP contribution in [-0.2, 0) is 26.1 Å². The van der Waals surface area contributed by atoms with Crippen LogP contribution in [0.2, 0.25) is 0 Å². The van der Waals surface area contributed by atoms with Crippen LogP contribution in [0.4, 0.5) is 5.69 Å². The molecule has 6 rings (SSSR count). The number of morpholine rings is 1. The van der Waals surface area contributed by atoms with Crippen molar-refractivity contribution < 1.29 is 22.7 Å². The molecular weight excluding hydrogens is 514 g/mol. The fourth-order valence-corrected chi connectivity index (χ4v) is 6.61. The minimum absolute atomic E-state index is 0.171. The molecule has 9 heteroatoms. The fourth-order valence-electron chi connectivity index (χ4n) is 5.17. The average Bonchev–Trinajstić information content (AvgIpc) is 3.44. The van der Waals surface area contributed by atoms with Crippen LogP contribution in [-0.4, -0.2) is 63.2 Å². The van der Waals surface area contributed by atoms with Crippen molar-refractivity contribution in [3.8, 4) is 5.75 Å². The van der Waals surface area contributed by atoms with Crippen molar-refractivity contribution in [2.24, 2.45) is 0 Å². The molecule has 200 valence electrons. The first kappa shape index (κ1) is 25.4. The number of anilines is 1. The van der Waals surface area contributed by atoms with Crippen LogP contribution in [0, 0.1) is 0 Å². The van der Waals surface area contributed by atoms with E-state index in [-0.39, 0.29) is 10.8 Å². The van der Waals surface area contributed by atoms with Gasteiger partial charge < -0.3 is 18.9 Å². The lowest BCUT2D eigenvalue weighted by Crippen LogP contribution is -2.40. The lowest BCUT2D eigenvalue weighted by molar-refractivity contribution is -0.112. The summed E-state index contributed by atoms with van der Waals surface area (Å²) < 4.78 is 41.5. The first-order valence-corrected chi connectivity index (χ1v) is 14.4. The van der Waals surface area contributed by atoms with Crippen molar-refractivity contribution >= 4 is 44.2 Å². The van der Waals surface area contributed by atoms with Gasteiger partial charge in [0.1, 0.15) is 12.4 Å². The van der Waals surface area contributed by atoms with Crippen LogP contribution in [0.3, 0.4) is 0 Å². The Morgan fingerprint density at radius 1 is 0.974 bits per heavy atom. The van der Waals surface area contributed by atoms with Gasteiger partial charge in [0.2, 0.25) is 10.0 Å². The van der Waals surface area contributed by atoms with Gasteiger partial charge in [-0.3, -0.25) is 4.79 Å². The third kappa shape index (κ3) is 4.73. The van der Waals surface area contributed by atoms with E-state index in [1.54, 1.807) is 30.1 Å². The van der Waals surface area contributed by atoms with Gasteiger partial charge in [0.15, 0.2) is 0 Å². The van der Waals surface area contributed by atoms with Crippen molar-refractivity contribution in [2.45, 2.75) is 11.4 Å². The molecule has 2 aliphatic heterocycles. The molecule has 0 N–H and O–H groups in total. The molecule has 0 spiro atoms. The van der Waals surface area contributed by atoms with Crippen LogP contribution in [0.25, 0.3) is 22.6 Å². The highest BCUT2D eigenvalue weighted by Crippen LogP contribution is 2.39. The summed E-state index contributed by atoms with van der Waals surface area (Å²) in [4.78, 5) is 15.1. The van der Waals surface area contributed by atoms with E-state index < -0.39 is 10.0 Å². The van der Waals surface area contributed by atoms with Gasteiger partial charge in [-0.15, -0.1) is 0 Å². The summed E-state index contributed by atoms with van der Waals surface area (Å²) in [5.74, 6) is 0.644. The maximum atomic E-state index is 13.4. The van der Waals surface area contributed by atoms with Crippen LogP contribution < -0.4 is 9.64 Å². The molecule has 0 saturated carbocycles. The van der Waals surface area contributed by atoms with E-state index in [0.717, 1.165) is 22.2 Å². The zero-order chi connectivity index (χ0) is 27.0. The summed E-state index contributed by atoms with van der Waals surface area (Å²) >= 11 is 0. The molecule has 0 aliphatic carbocycles. The summed E-state index contributed by atoms with van der Waals surface area (Å²) in [6, 6.07) is 22.6. The molecule has 0 unspecified atom stereocenters. The molecule has 39 heavy (non-hydrogen) atoms. The fraction of sp³-hybridized carbons (Fsp3) is 0.233. The van der Waals surface area contributed by atoms with Gasteiger partial charge in [-0.2, -0.15) is 4.31 Å². The molecule has 1 saturated heterocycles. The van der Waals surface area contributed by atoms with Crippen molar-refractivity contribution in [3.05, 3.63) is 90.1 Å². The second kappa shape index (κ2) is 10.3. The van der Waals surface area contributed by atoms with E-state index in [9.17, 15) is 13.2 Å². The number of benzene rings is 3. The Hall–Kier alpha value is -3.92.